The van der Waals surface area contributed by atoms with Crippen LogP contribution in [0.3, 0.4) is 0 Å². The van der Waals surface area contributed by atoms with Crippen molar-refractivity contribution in [2.75, 3.05) is 13.2 Å². The Kier molecular flexibility index (Phi) is 4.56. The molecule has 0 spiro atoms. The molecular weight excluding hydrogens is 196 g/mol. The van der Waals surface area contributed by atoms with Crippen LogP contribution >= 0.6 is 0 Å². The first-order valence-electron chi connectivity index (χ1n) is 4.53. The Labute approximate surface area is 87.9 Å². The average Bonchev–Trinajstić information content (AvgIpc) is 2.20. The van der Waals surface area contributed by atoms with Gasteiger partial charge >= 0.3 is 0 Å². The lowest BCUT2D eigenvalue weighted by molar-refractivity contribution is -0.118. The van der Waals surface area contributed by atoms with Gasteiger partial charge in [0.05, 0.1) is 19.6 Å². The lowest BCUT2D eigenvalue weighted by Gasteiger charge is -2.04. The smallest absolute Gasteiger partial charge is 0.220 e. The monoisotopic (exact) mass is 209 g/mol. The number of rotatable bonds is 6. The van der Waals surface area contributed by atoms with Crippen LogP contribution in [-0.2, 0) is 4.79 Å². The molecule has 3 N–H and O–H groups in total. The summed E-state index contributed by atoms with van der Waals surface area (Å²) >= 11 is 0. The summed E-state index contributed by atoms with van der Waals surface area (Å²) in [5.74, 6) is 0.0339. The fraction of sp³-hybridized carbons (Fsp3) is 0.300. The van der Waals surface area contributed by atoms with Crippen molar-refractivity contribution in [2.45, 2.75) is 6.42 Å². The highest BCUT2D eigenvalue weighted by Gasteiger charge is 1.98. The van der Waals surface area contributed by atoms with Gasteiger partial charge in [-0.3, -0.25) is 4.79 Å². The normalized spacial score (nSPS) is 9.93. The molecule has 1 amide bonds. The minimum absolute atomic E-state index is 0.0242. The van der Waals surface area contributed by atoms with Crippen LogP contribution in [0.25, 0.3) is 0 Å². The Bertz CT molecular complexity index is 311. The molecule has 0 saturated carbocycles. The number of amides is 1. The van der Waals surface area contributed by atoms with Crippen molar-refractivity contribution in [3.05, 3.63) is 30.3 Å². The number of carbonyl (C=O) groups excluding carboxylic acids is 1. The minimum Gasteiger partial charge on any atom is -0.477 e. The second kappa shape index (κ2) is 5.98. The Hall–Kier alpha value is -1.62. The third-order valence-electron chi connectivity index (χ3n) is 1.68. The van der Waals surface area contributed by atoms with E-state index in [1.54, 1.807) is 24.8 Å². The molecular formula is C10H13N2O3. The van der Waals surface area contributed by atoms with Crippen LogP contribution in [-0.4, -0.2) is 29.2 Å². The topological polar surface area (TPSA) is 85.4 Å². The van der Waals surface area contributed by atoms with Gasteiger partial charge in [-0.1, -0.05) is 6.07 Å². The van der Waals surface area contributed by atoms with Crippen LogP contribution in [0.4, 0.5) is 0 Å². The van der Waals surface area contributed by atoms with Crippen LogP contribution in [0.15, 0.2) is 18.3 Å². The summed E-state index contributed by atoms with van der Waals surface area (Å²) < 4.78 is 5.16. The van der Waals surface area contributed by atoms with Crippen LogP contribution in [0, 0.1) is 6.42 Å². The van der Waals surface area contributed by atoms with E-state index in [1.807, 2.05) is 0 Å². The zero-order chi connectivity index (χ0) is 11.1. The average molecular weight is 209 g/mol. The van der Waals surface area contributed by atoms with Crippen molar-refractivity contribution >= 4 is 5.91 Å². The Morgan fingerprint density at radius 3 is 2.93 bits per heavy atom. The van der Waals surface area contributed by atoms with Crippen LogP contribution in [0.1, 0.15) is 12.0 Å². The van der Waals surface area contributed by atoms with E-state index in [0.717, 1.165) is 5.56 Å². The molecule has 1 radical (unpaired) electrons. The summed E-state index contributed by atoms with van der Waals surface area (Å²) in [7, 11) is 0. The number of pyridine rings is 1. The van der Waals surface area contributed by atoms with Crippen molar-refractivity contribution in [1.29, 1.82) is 0 Å². The van der Waals surface area contributed by atoms with Gasteiger partial charge in [-0.25, -0.2) is 4.98 Å². The van der Waals surface area contributed by atoms with E-state index < -0.39 is 5.91 Å². The van der Waals surface area contributed by atoms with E-state index in [1.165, 1.54) is 0 Å². The number of aliphatic hydroxyl groups excluding tert-OH is 1. The molecule has 1 heterocycles. The third kappa shape index (κ3) is 4.42. The van der Waals surface area contributed by atoms with E-state index in [4.69, 9.17) is 15.6 Å². The van der Waals surface area contributed by atoms with Crippen molar-refractivity contribution in [3.8, 4) is 5.88 Å². The molecule has 0 fully saturated rings. The second-order valence-electron chi connectivity index (χ2n) is 2.88. The fourth-order valence-corrected chi connectivity index (χ4v) is 0.959. The predicted molar refractivity (Wildman–Crippen MR) is 54.0 cm³/mol. The predicted octanol–water partition coefficient (Wildman–Crippen LogP) is -0.120. The molecule has 81 valence electrons. The highest BCUT2D eigenvalue weighted by atomic mass is 16.5. The number of nitrogens with two attached hydrogens (primary N) is 1. The van der Waals surface area contributed by atoms with Gasteiger partial charge in [-0.15, -0.1) is 0 Å². The zero-order valence-corrected chi connectivity index (χ0v) is 8.22. The first kappa shape index (κ1) is 11.5. The van der Waals surface area contributed by atoms with Gasteiger partial charge < -0.3 is 15.6 Å². The van der Waals surface area contributed by atoms with Crippen molar-refractivity contribution < 1.29 is 14.6 Å². The zero-order valence-electron chi connectivity index (χ0n) is 8.22. The second-order valence-corrected chi connectivity index (χ2v) is 2.88. The summed E-state index contributed by atoms with van der Waals surface area (Å²) in [6.07, 6.45) is 3.38. The first-order valence-corrected chi connectivity index (χ1v) is 4.53. The van der Waals surface area contributed by atoms with Crippen LogP contribution in [0.2, 0.25) is 0 Å². The number of hydrogen-bond donors (Lipinski definition) is 2. The quantitative estimate of drug-likeness (QED) is 0.684. The van der Waals surface area contributed by atoms with Gasteiger partial charge in [-0.2, -0.15) is 0 Å². The van der Waals surface area contributed by atoms with Gasteiger partial charge in [0.25, 0.3) is 0 Å². The largest absolute Gasteiger partial charge is 0.477 e. The molecule has 0 aromatic carbocycles. The maximum atomic E-state index is 10.4. The van der Waals surface area contributed by atoms with Gasteiger partial charge in [-0.05, 0) is 5.56 Å². The molecule has 0 bridgehead atoms. The molecule has 1 aromatic rings. The van der Waals surface area contributed by atoms with Gasteiger partial charge in [0.15, 0.2) is 0 Å². The standard InChI is InChI=1S/C10H13N2O3/c11-9(14)4-6-15-10-2-1-8(3-5-13)7-12-10/h1-3,7,13H,4-6H2,(H2,11,14). The Morgan fingerprint density at radius 1 is 1.60 bits per heavy atom. The summed E-state index contributed by atoms with van der Waals surface area (Å²) in [6, 6.07) is 3.44. The first-order chi connectivity index (χ1) is 7.22. The maximum absolute atomic E-state index is 10.4. The molecule has 0 unspecified atom stereocenters. The fourth-order valence-electron chi connectivity index (χ4n) is 0.959. The van der Waals surface area contributed by atoms with E-state index >= 15 is 0 Å². The number of primary amides is 1. The summed E-state index contributed by atoms with van der Waals surface area (Å²) in [6.45, 7) is 0.203. The molecule has 0 aliphatic heterocycles. The van der Waals surface area contributed by atoms with E-state index in [-0.39, 0.29) is 19.6 Å². The molecule has 0 saturated heterocycles. The number of ether oxygens (including phenoxy) is 1. The number of carbonyl (C=O) groups is 1. The number of hydrogen-bond acceptors (Lipinski definition) is 4. The molecule has 1 aromatic heterocycles. The van der Waals surface area contributed by atoms with Gasteiger partial charge in [0.2, 0.25) is 11.8 Å². The SMILES string of the molecule is NC(=O)CCOc1ccc([CH]CO)cn1. The lowest BCUT2D eigenvalue weighted by Crippen LogP contribution is -2.14. The van der Waals surface area contributed by atoms with Crippen LogP contribution in [0.5, 0.6) is 5.88 Å². The van der Waals surface area contributed by atoms with Crippen molar-refractivity contribution in [1.82, 2.24) is 4.98 Å². The molecule has 5 nitrogen and oxygen atoms in total. The number of nitrogens with zero attached hydrogens (tertiary/aromatic N) is 1. The molecule has 0 aliphatic carbocycles. The molecule has 5 heteroatoms. The number of aliphatic hydroxyl groups is 1. The number of aromatic nitrogens is 1. The Balaban J connectivity index is 2.39. The molecule has 0 atom stereocenters. The lowest BCUT2D eigenvalue weighted by atomic mass is 10.2. The molecule has 0 aliphatic rings. The van der Waals surface area contributed by atoms with E-state index in [2.05, 4.69) is 4.98 Å². The molecule has 1 rings (SSSR count). The minimum atomic E-state index is -0.403. The Morgan fingerprint density at radius 2 is 2.40 bits per heavy atom. The van der Waals surface area contributed by atoms with Crippen molar-refractivity contribution in [3.63, 3.8) is 0 Å². The molecule has 15 heavy (non-hydrogen) atoms. The summed E-state index contributed by atoms with van der Waals surface area (Å²) in [5, 5.41) is 8.63. The van der Waals surface area contributed by atoms with E-state index in [9.17, 15) is 4.79 Å². The summed E-state index contributed by atoms with van der Waals surface area (Å²) in [5.41, 5.74) is 5.77. The highest BCUT2D eigenvalue weighted by Crippen LogP contribution is 2.08. The van der Waals surface area contributed by atoms with E-state index in [0.29, 0.717) is 5.88 Å². The third-order valence-corrected chi connectivity index (χ3v) is 1.68. The van der Waals surface area contributed by atoms with Crippen molar-refractivity contribution in [2.24, 2.45) is 5.73 Å². The summed E-state index contributed by atoms with van der Waals surface area (Å²) in [4.78, 5) is 14.4. The van der Waals surface area contributed by atoms with Gasteiger partial charge in [0, 0.05) is 18.7 Å². The highest BCUT2D eigenvalue weighted by molar-refractivity contribution is 5.73. The maximum Gasteiger partial charge on any atom is 0.220 e. The van der Waals surface area contributed by atoms with Crippen LogP contribution < -0.4 is 10.5 Å². The van der Waals surface area contributed by atoms with Gasteiger partial charge in [0.1, 0.15) is 0 Å².